The van der Waals surface area contributed by atoms with Crippen LogP contribution in [0.3, 0.4) is 0 Å². The molecule has 0 fully saturated rings. The van der Waals surface area contributed by atoms with Crippen molar-refractivity contribution in [2.45, 2.75) is 4.90 Å². The summed E-state index contributed by atoms with van der Waals surface area (Å²) in [5.74, 6) is -1.01. The topological polar surface area (TPSA) is 121 Å². The Labute approximate surface area is 192 Å². The summed E-state index contributed by atoms with van der Waals surface area (Å²) >= 11 is 12.0. The molecule has 0 atom stereocenters. The van der Waals surface area contributed by atoms with Crippen LogP contribution in [-0.2, 0) is 10.0 Å². The van der Waals surface area contributed by atoms with Crippen molar-refractivity contribution in [3.8, 4) is 0 Å². The highest BCUT2D eigenvalue weighted by Crippen LogP contribution is 2.30. The molecule has 0 bridgehead atoms. The van der Waals surface area contributed by atoms with Crippen molar-refractivity contribution in [3.63, 3.8) is 0 Å². The third-order valence-electron chi connectivity index (χ3n) is 4.38. The Hall–Kier alpha value is -3.40. The van der Waals surface area contributed by atoms with Crippen molar-refractivity contribution in [2.75, 3.05) is 10.0 Å². The van der Waals surface area contributed by atoms with Gasteiger partial charge in [-0.3, -0.25) is 4.72 Å². The molecule has 11 heteroatoms. The van der Waals surface area contributed by atoms with E-state index in [0.29, 0.717) is 16.7 Å². The molecule has 3 aromatic carbocycles. The van der Waals surface area contributed by atoms with Crippen LogP contribution in [0.1, 0.15) is 10.4 Å². The highest BCUT2D eigenvalue weighted by molar-refractivity contribution is 7.92. The third kappa shape index (κ3) is 4.59. The molecule has 4 rings (SSSR count). The number of carboxylic acids is 1. The summed E-state index contributed by atoms with van der Waals surface area (Å²) in [6.07, 6.45) is 0. The molecule has 0 aliphatic carbocycles. The molecule has 0 unspecified atom stereocenters. The van der Waals surface area contributed by atoms with Gasteiger partial charge >= 0.3 is 5.97 Å². The Kier molecular flexibility index (Phi) is 5.88. The van der Waals surface area contributed by atoms with Gasteiger partial charge in [-0.2, -0.15) is 0 Å². The lowest BCUT2D eigenvalue weighted by Gasteiger charge is -2.14. The number of hydrogen-bond acceptors (Lipinski definition) is 6. The lowest BCUT2D eigenvalue weighted by Crippen LogP contribution is -2.16. The summed E-state index contributed by atoms with van der Waals surface area (Å²) in [5.41, 5.74) is 1.59. The molecule has 0 saturated carbocycles. The van der Waals surface area contributed by atoms with Crippen molar-refractivity contribution in [2.24, 2.45) is 0 Å². The number of aromatic nitrogens is 2. The van der Waals surface area contributed by atoms with Gasteiger partial charge in [0.1, 0.15) is 4.90 Å². The first-order valence-electron chi connectivity index (χ1n) is 9.08. The molecular weight excluding hydrogens is 475 g/mol. The molecule has 8 nitrogen and oxygen atoms in total. The number of carboxylic acid groups (broad SMARTS) is 1. The zero-order valence-electron chi connectivity index (χ0n) is 16.1. The van der Waals surface area contributed by atoms with Gasteiger partial charge in [0.25, 0.3) is 10.0 Å². The highest BCUT2D eigenvalue weighted by Gasteiger charge is 2.22. The lowest BCUT2D eigenvalue weighted by atomic mass is 10.2. The molecule has 0 aliphatic heterocycles. The van der Waals surface area contributed by atoms with Crippen molar-refractivity contribution in [1.29, 1.82) is 0 Å². The molecule has 0 radical (unpaired) electrons. The summed E-state index contributed by atoms with van der Waals surface area (Å²) in [6.45, 7) is 0. The predicted octanol–water partition coefficient (Wildman–Crippen LogP) is 5.18. The number of anilines is 3. The van der Waals surface area contributed by atoms with Crippen molar-refractivity contribution < 1.29 is 18.3 Å². The van der Waals surface area contributed by atoms with Crippen molar-refractivity contribution >= 4 is 67.6 Å². The SMILES string of the molecule is O=C(O)c1ccc(Nc2nc3ccccc3nc2NS(=O)(=O)c2cc(Cl)ccc2Cl)cc1. The second kappa shape index (κ2) is 8.62. The third-order valence-corrected chi connectivity index (χ3v) is 6.43. The molecule has 1 heterocycles. The van der Waals surface area contributed by atoms with Gasteiger partial charge in [0, 0.05) is 10.7 Å². The zero-order valence-corrected chi connectivity index (χ0v) is 18.4. The summed E-state index contributed by atoms with van der Waals surface area (Å²) in [6, 6.07) is 16.9. The van der Waals surface area contributed by atoms with E-state index in [0.717, 1.165) is 0 Å². The number of nitrogens with zero attached hydrogens (tertiary/aromatic N) is 2. The number of aromatic carboxylic acids is 1. The maximum Gasteiger partial charge on any atom is 0.335 e. The summed E-state index contributed by atoms with van der Waals surface area (Å²) in [4.78, 5) is 19.7. The Balaban J connectivity index is 1.77. The zero-order chi connectivity index (χ0) is 22.9. The Morgan fingerprint density at radius 1 is 0.875 bits per heavy atom. The largest absolute Gasteiger partial charge is 0.478 e. The Bertz CT molecular complexity index is 1440. The summed E-state index contributed by atoms with van der Waals surface area (Å²) in [7, 11) is -4.15. The van der Waals surface area contributed by atoms with E-state index in [2.05, 4.69) is 20.0 Å². The fraction of sp³-hybridized carbons (Fsp3) is 0. The van der Waals surface area contributed by atoms with E-state index in [1.54, 1.807) is 24.3 Å². The van der Waals surface area contributed by atoms with E-state index < -0.39 is 16.0 Å². The standard InChI is InChI=1S/C21H14Cl2N4O4S/c22-13-7-10-15(23)18(11-13)32(30,31)27-20-19(25-16-3-1-2-4-17(16)26-20)24-14-8-5-12(6-9-14)21(28)29/h1-11H,(H,24,25)(H,26,27)(H,28,29). The van der Waals surface area contributed by atoms with Gasteiger partial charge in [0.05, 0.1) is 21.6 Å². The van der Waals surface area contributed by atoms with E-state index in [4.69, 9.17) is 28.3 Å². The predicted molar refractivity (Wildman–Crippen MR) is 123 cm³/mol. The molecule has 32 heavy (non-hydrogen) atoms. The fourth-order valence-corrected chi connectivity index (χ4v) is 4.63. The van der Waals surface area contributed by atoms with Gasteiger partial charge in [-0.05, 0) is 54.6 Å². The molecule has 3 N–H and O–H groups in total. The first-order chi connectivity index (χ1) is 15.2. The number of hydrogen-bond donors (Lipinski definition) is 3. The average molecular weight is 489 g/mol. The monoisotopic (exact) mass is 488 g/mol. The van der Waals surface area contributed by atoms with Gasteiger partial charge in [-0.15, -0.1) is 0 Å². The minimum Gasteiger partial charge on any atom is -0.478 e. The number of benzene rings is 3. The van der Waals surface area contributed by atoms with Gasteiger partial charge in [0.15, 0.2) is 11.6 Å². The molecule has 0 saturated heterocycles. The molecule has 162 valence electrons. The van der Waals surface area contributed by atoms with E-state index in [-0.39, 0.29) is 32.1 Å². The molecule has 4 aromatic rings. The maximum atomic E-state index is 13.0. The van der Waals surface area contributed by atoms with E-state index in [1.165, 1.54) is 42.5 Å². The van der Waals surface area contributed by atoms with Gasteiger partial charge < -0.3 is 10.4 Å². The van der Waals surface area contributed by atoms with Crippen LogP contribution < -0.4 is 10.0 Å². The number of fused-ring (bicyclic) bond motifs is 1. The number of para-hydroxylation sites is 2. The quantitative estimate of drug-likeness (QED) is 0.341. The molecule has 1 aromatic heterocycles. The number of carbonyl (C=O) groups is 1. The lowest BCUT2D eigenvalue weighted by molar-refractivity contribution is 0.0697. The Morgan fingerprint density at radius 2 is 1.50 bits per heavy atom. The second-order valence-corrected chi connectivity index (χ2v) is 9.09. The average Bonchev–Trinajstić information content (AvgIpc) is 2.76. The van der Waals surface area contributed by atoms with Crippen molar-refractivity contribution in [1.82, 2.24) is 9.97 Å². The summed E-state index contributed by atoms with van der Waals surface area (Å²) in [5, 5.41) is 12.2. The Morgan fingerprint density at radius 3 is 2.12 bits per heavy atom. The normalized spacial score (nSPS) is 11.3. The first kappa shape index (κ1) is 21.8. The van der Waals surface area contributed by atoms with Crippen LogP contribution in [0, 0.1) is 0 Å². The van der Waals surface area contributed by atoms with Gasteiger partial charge in [-0.25, -0.2) is 23.2 Å². The van der Waals surface area contributed by atoms with Crippen LogP contribution in [-0.4, -0.2) is 29.5 Å². The molecule has 0 spiro atoms. The minimum atomic E-state index is -4.15. The molecule has 0 amide bonds. The number of nitrogens with one attached hydrogen (secondary N) is 2. The minimum absolute atomic E-state index is 0.00517. The van der Waals surface area contributed by atoms with Crippen LogP contribution >= 0.6 is 23.2 Å². The fourth-order valence-electron chi connectivity index (χ4n) is 2.86. The van der Waals surface area contributed by atoms with Crippen LogP contribution in [0.2, 0.25) is 10.0 Å². The van der Waals surface area contributed by atoms with Crippen LogP contribution in [0.15, 0.2) is 71.6 Å². The highest BCUT2D eigenvalue weighted by atomic mass is 35.5. The second-order valence-electron chi connectivity index (χ2n) is 6.60. The first-order valence-corrected chi connectivity index (χ1v) is 11.3. The summed E-state index contributed by atoms with van der Waals surface area (Å²) < 4.78 is 28.5. The smallest absolute Gasteiger partial charge is 0.335 e. The van der Waals surface area contributed by atoms with Gasteiger partial charge in [-0.1, -0.05) is 35.3 Å². The maximum absolute atomic E-state index is 13.0. The van der Waals surface area contributed by atoms with Gasteiger partial charge in [0.2, 0.25) is 0 Å². The van der Waals surface area contributed by atoms with E-state index in [9.17, 15) is 13.2 Å². The van der Waals surface area contributed by atoms with Crippen LogP contribution in [0.25, 0.3) is 11.0 Å². The van der Waals surface area contributed by atoms with E-state index >= 15 is 0 Å². The molecule has 0 aliphatic rings. The number of sulfonamides is 1. The number of rotatable bonds is 6. The van der Waals surface area contributed by atoms with Crippen LogP contribution in [0.4, 0.5) is 17.3 Å². The molecular formula is C21H14Cl2N4O4S. The van der Waals surface area contributed by atoms with Crippen LogP contribution in [0.5, 0.6) is 0 Å². The van der Waals surface area contributed by atoms with E-state index in [1.807, 2.05) is 0 Å². The van der Waals surface area contributed by atoms with Crippen molar-refractivity contribution in [3.05, 3.63) is 82.3 Å². The number of halogens is 2.